The van der Waals surface area contributed by atoms with E-state index in [4.69, 9.17) is 0 Å². The molecule has 1 aromatic carbocycles. The van der Waals surface area contributed by atoms with Crippen LogP contribution in [-0.4, -0.2) is 42.1 Å². The number of benzene rings is 1. The molecule has 1 aromatic heterocycles. The summed E-state index contributed by atoms with van der Waals surface area (Å²) in [6, 6.07) is 13.7. The predicted octanol–water partition coefficient (Wildman–Crippen LogP) is 3.69. The minimum absolute atomic E-state index is 0.0481. The summed E-state index contributed by atoms with van der Waals surface area (Å²) in [5.41, 5.74) is 3.01. The van der Waals surface area contributed by atoms with Gasteiger partial charge in [-0.05, 0) is 54.6 Å². The molecule has 2 aromatic rings. The first-order valence-electron chi connectivity index (χ1n) is 7.91. The van der Waals surface area contributed by atoms with E-state index in [1.807, 2.05) is 74.5 Å². The van der Waals surface area contributed by atoms with E-state index < -0.39 is 0 Å². The molecule has 128 valence electrons. The van der Waals surface area contributed by atoms with Crippen LogP contribution >= 0.6 is 11.8 Å². The molecule has 1 fully saturated rings. The number of carbonyl (C=O) groups is 1. The predicted molar refractivity (Wildman–Crippen MR) is 105 cm³/mol. The Kier molecular flexibility index (Phi) is 4.90. The van der Waals surface area contributed by atoms with Crippen LogP contribution < -0.4 is 4.90 Å². The van der Waals surface area contributed by atoms with Crippen LogP contribution in [0.3, 0.4) is 0 Å². The van der Waals surface area contributed by atoms with E-state index in [1.54, 1.807) is 11.9 Å². The van der Waals surface area contributed by atoms with E-state index in [1.165, 1.54) is 11.8 Å². The number of likely N-dealkylation sites (N-methyl/N-ethyl adjacent to an activating group) is 1. The monoisotopic (exact) mass is 352 g/mol. The molecule has 1 aliphatic rings. The van der Waals surface area contributed by atoms with Crippen molar-refractivity contribution < 1.29 is 4.79 Å². The van der Waals surface area contributed by atoms with Crippen LogP contribution in [0, 0.1) is 6.92 Å². The lowest BCUT2D eigenvalue weighted by molar-refractivity contribution is -0.121. The van der Waals surface area contributed by atoms with Crippen molar-refractivity contribution >= 4 is 40.4 Å². The van der Waals surface area contributed by atoms with Gasteiger partial charge in [-0.25, -0.2) is 9.98 Å². The number of thioether (sulfide) groups is 1. The van der Waals surface area contributed by atoms with E-state index in [0.29, 0.717) is 15.9 Å². The summed E-state index contributed by atoms with van der Waals surface area (Å²) in [6.07, 6.45) is 1.90. The highest BCUT2D eigenvalue weighted by Crippen LogP contribution is 2.33. The number of amides is 1. The van der Waals surface area contributed by atoms with Crippen molar-refractivity contribution in [2.24, 2.45) is 4.99 Å². The van der Waals surface area contributed by atoms with E-state index >= 15 is 0 Å². The topological polar surface area (TPSA) is 48.8 Å². The Morgan fingerprint density at radius 2 is 1.88 bits per heavy atom. The van der Waals surface area contributed by atoms with Gasteiger partial charge >= 0.3 is 0 Å². The Balaban J connectivity index is 1.85. The minimum atomic E-state index is -0.0481. The maximum Gasteiger partial charge on any atom is 0.266 e. The van der Waals surface area contributed by atoms with Gasteiger partial charge in [-0.3, -0.25) is 9.69 Å². The minimum Gasteiger partial charge on any atom is -0.378 e. The molecular weight excluding hydrogens is 332 g/mol. The van der Waals surface area contributed by atoms with Crippen molar-refractivity contribution in [3.05, 3.63) is 58.6 Å². The molecule has 6 heteroatoms. The van der Waals surface area contributed by atoms with Gasteiger partial charge in [0.15, 0.2) is 11.0 Å². The number of hydrogen-bond acceptors (Lipinski definition) is 5. The quantitative estimate of drug-likeness (QED) is 0.791. The molecule has 0 unspecified atom stereocenters. The van der Waals surface area contributed by atoms with Gasteiger partial charge in [0.25, 0.3) is 5.91 Å². The summed E-state index contributed by atoms with van der Waals surface area (Å²) in [7, 11) is 5.74. The molecule has 0 spiro atoms. The summed E-state index contributed by atoms with van der Waals surface area (Å²) < 4.78 is 0. The van der Waals surface area contributed by atoms with Gasteiger partial charge < -0.3 is 4.90 Å². The van der Waals surface area contributed by atoms with Crippen molar-refractivity contribution in [1.82, 2.24) is 9.88 Å². The molecule has 0 aliphatic carbocycles. The first-order valence-corrected chi connectivity index (χ1v) is 8.73. The zero-order valence-electron chi connectivity index (χ0n) is 14.7. The average molecular weight is 352 g/mol. The van der Waals surface area contributed by atoms with Crippen LogP contribution in [0.4, 0.5) is 11.5 Å². The van der Waals surface area contributed by atoms with Crippen molar-refractivity contribution in [1.29, 1.82) is 0 Å². The SMILES string of the molecule is Cc1cccc(/N=C2/S/C(=C\c3ccc(N(C)C)cc3)C(=O)N2C)n1. The third-order valence-corrected chi connectivity index (χ3v) is 4.85. The number of pyridine rings is 1. The summed E-state index contributed by atoms with van der Waals surface area (Å²) in [5, 5.41) is 0.638. The van der Waals surface area contributed by atoms with Crippen LogP contribution in [0.15, 0.2) is 52.4 Å². The molecule has 0 saturated carbocycles. The van der Waals surface area contributed by atoms with E-state index in [2.05, 4.69) is 9.98 Å². The largest absolute Gasteiger partial charge is 0.378 e. The maximum atomic E-state index is 12.5. The number of hydrogen-bond donors (Lipinski definition) is 0. The Labute approximate surface area is 152 Å². The number of aromatic nitrogens is 1. The van der Waals surface area contributed by atoms with Crippen molar-refractivity contribution in [2.45, 2.75) is 6.92 Å². The Hall–Kier alpha value is -2.60. The molecule has 0 bridgehead atoms. The standard InChI is InChI=1S/C19H20N4OS/c1-13-6-5-7-17(20-13)21-19-23(4)18(24)16(25-19)12-14-8-10-15(11-9-14)22(2)3/h5-12H,1-4H3/b16-12-,21-19+. The Morgan fingerprint density at radius 3 is 2.52 bits per heavy atom. The molecule has 1 amide bonds. The van der Waals surface area contributed by atoms with Crippen LogP contribution in [0.1, 0.15) is 11.3 Å². The highest BCUT2D eigenvalue weighted by molar-refractivity contribution is 8.18. The second-order valence-corrected chi connectivity index (χ2v) is 7.00. The fourth-order valence-electron chi connectivity index (χ4n) is 2.36. The van der Waals surface area contributed by atoms with Gasteiger partial charge in [-0.15, -0.1) is 0 Å². The molecule has 1 saturated heterocycles. The number of aryl methyl sites for hydroxylation is 1. The van der Waals surface area contributed by atoms with Crippen molar-refractivity contribution in [3.8, 4) is 0 Å². The number of amidine groups is 1. The fourth-order valence-corrected chi connectivity index (χ4v) is 3.34. The second-order valence-electron chi connectivity index (χ2n) is 5.99. The normalized spacial score (nSPS) is 17.6. The number of rotatable bonds is 3. The third kappa shape index (κ3) is 3.91. The van der Waals surface area contributed by atoms with Gasteiger partial charge in [-0.2, -0.15) is 0 Å². The zero-order chi connectivity index (χ0) is 18.0. The van der Waals surface area contributed by atoms with Crippen LogP contribution in [0.5, 0.6) is 0 Å². The highest BCUT2D eigenvalue weighted by Gasteiger charge is 2.30. The molecule has 5 nitrogen and oxygen atoms in total. The smallest absolute Gasteiger partial charge is 0.266 e. The molecule has 0 atom stereocenters. The molecular formula is C19H20N4OS. The number of carbonyl (C=O) groups excluding carboxylic acids is 1. The Morgan fingerprint density at radius 1 is 1.16 bits per heavy atom. The van der Waals surface area contributed by atoms with E-state index in [0.717, 1.165) is 16.9 Å². The van der Waals surface area contributed by atoms with Crippen molar-refractivity contribution in [2.75, 3.05) is 26.0 Å². The van der Waals surface area contributed by atoms with E-state index in [9.17, 15) is 4.79 Å². The number of nitrogens with zero attached hydrogens (tertiary/aromatic N) is 4. The van der Waals surface area contributed by atoms with Gasteiger partial charge in [0.1, 0.15) is 0 Å². The lowest BCUT2D eigenvalue weighted by atomic mass is 10.2. The van der Waals surface area contributed by atoms with Gasteiger partial charge in [0, 0.05) is 32.5 Å². The van der Waals surface area contributed by atoms with Crippen LogP contribution in [0.2, 0.25) is 0 Å². The summed E-state index contributed by atoms with van der Waals surface area (Å²) in [4.78, 5) is 25.6. The zero-order valence-corrected chi connectivity index (χ0v) is 15.5. The lowest BCUT2D eigenvalue weighted by Gasteiger charge is -2.11. The third-order valence-electron chi connectivity index (χ3n) is 3.79. The Bertz CT molecular complexity index is 856. The molecule has 0 N–H and O–H groups in total. The number of aliphatic imine (C=N–C) groups is 1. The van der Waals surface area contributed by atoms with Gasteiger partial charge in [0.05, 0.1) is 4.91 Å². The fraction of sp³-hybridized carbons (Fsp3) is 0.211. The van der Waals surface area contributed by atoms with Crippen LogP contribution in [-0.2, 0) is 4.79 Å². The van der Waals surface area contributed by atoms with Crippen LogP contribution in [0.25, 0.3) is 6.08 Å². The molecule has 25 heavy (non-hydrogen) atoms. The molecule has 1 aliphatic heterocycles. The average Bonchev–Trinajstić information content (AvgIpc) is 2.83. The lowest BCUT2D eigenvalue weighted by Crippen LogP contribution is -2.23. The summed E-state index contributed by atoms with van der Waals surface area (Å²) >= 11 is 1.37. The molecule has 0 radical (unpaired) electrons. The first kappa shape index (κ1) is 17.2. The highest BCUT2D eigenvalue weighted by atomic mass is 32.2. The molecule has 2 heterocycles. The van der Waals surface area contributed by atoms with Gasteiger partial charge in [0.2, 0.25) is 0 Å². The van der Waals surface area contributed by atoms with E-state index in [-0.39, 0.29) is 5.91 Å². The number of anilines is 1. The molecule has 3 rings (SSSR count). The summed E-state index contributed by atoms with van der Waals surface area (Å²) in [5.74, 6) is 0.562. The first-order chi connectivity index (χ1) is 11.9. The van der Waals surface area contributed by atoms with Gasteiger partial charge in [-0.1, -0.05) is 18.2 Å². The van der Waals surface area contributed by atoms with Crippen molar-refractivity contribution in [3.63, 3.8) is 0 Å². The maximum absolute atomic E-state index is 12.5. The second kappa shape index (κ2) is 7.11. The summed E-state index contributed by atoms with van der Waals surface area (Å²) in [6.45, 7) is 1.92.